The summed E-state index contributed by atoms with van der Waals surface area (Å²) in [6.45, 7) is 2.73. The number of hydrogen-bond acceptors (Lipinski definition) is 3. The lowest BCUT2D eigenvalue weighted by Gasteiger charge is -2.02. The summed E-state index contributed by atoms with van der Waals surface area (Å²) in [5, 5.41) is 12.4. The maximum absolute atomic E-state index is 5.12. The summed E-state index contributed by atoms with van der Waals surface area (Å²) in [5.41, 5.74) is 6.61. The average molecular weight is 349 g/mol. The Morgan fingerprint density at radius 1 is 1.12 bits per heavy atom. The van der Waals surface area contributed by atoms with Crippen molar-refractivity contribution in [2.75, 3.05) is 6.54 Å². The van der Waals surface area contributed by atoms with Gasteiger partial charge in [-0.05, 0) is 31.3 Å². The molecule has 0 bridgehead atoms. The van der Waals surface area contributed by atoms with Crippen molar-refractivity contribution in [3.05, 3.63) is 72.4 Å². The summed E-state index contributed by atoms with van der Waals surface area (Å²) in [5.74, 6) is 0. The Kier molecular flexibility index (Phi) is 5.53. The topological polar surface area (TPSA) is 54.2 Å². The average Bonchev–Trinajstić information content (AvgIpc) is 3.08. The number of benzene rings is 2. The van der Waals surface area contributed by atoms with E-state index >= 15 is 0 Å². The molecule has 25 heavy (non-hydrogen) atoms. The molecule has 0 spiro atoms. The summed E-state index contributed by atoms with van der Waals surface area (Å²) < 4.78 is 1.85. The van der Waals surface area contributed by atoms with E-state index in [1.54, 1.807) is 6.21 Å². The van der Waals surface area contributed by atoms with Crippen molar-refractivity contribution < 1.29 is 0 Å². The van der Waals surface area contributed by atoms with Crippen molar-refractivity contribution >= 4 is 23.5 Å². The highest BCUT2D eigenvalue weighted by atomic mass is 32.1. The SMILES string of the molecule is CCNC(=S)N/N=C\c1cn(-c2ccccc2)nc1-c1ccccc1. The highest BCUT2D eigenvalue weighted by Gasteiger charge is 2.10. The fraction of sp³-hybridized carbons (Fsp3) is 0.105. The minimum Gasteiger partial charge on any atom is -0.362 e. The first-order valence-corrected chi connectivity index (χ1v) is 8.46. The smallest absolute Gasteiger partial charge is 0.186 e. The molecule has 0 saturated heterocycles. The number of hydrogen-bond donors (Lipinski definition) is 2. The molecular formula is C19H19N5S. The van der Waals surface area contributed by atoms with Crippen LogP contribution >= 0.6 is 12.2 Å². The number of para-hydroxylation sites is 1. The van der Waals surface area contributed by atoms with Crippen LogP contribution in [0.2, 0.25) is 0 Å². The lowest BCUT2D eigenvalue weighted by atomic mass is 10.1. The summed E-state index contributed by atoms with van der Waals surface area (Å²) in [6.07, 6.45) is 3.69. The van der Waals surface area contributed by atoms with Gasteiger partial charge in [0.15, 0.2) is 5.11 Å². The molecule has 1 aromatic heterocycles. The van der Waals surface area contributed by atoms with Crippen LogP contribution in [0, 0.1) is 0 Å². The molecule has 0 aliphatic rings. The zero-order valence-corrected chi connectivity index (χ0v) is 14.7. The molecule has 3 aromatic rings. The Bertz CT molecular complexity index is 856. The van der Waals surface area contributed by atoms with E-state index in [1.165, 1.54) is 0 Å². The van der Waals surface area contributed by atoms with Crippen LogP contribution in [0.5, 0.6) is 0 Å². The van der Waals surface area contributed by atoms with Crippen LogP contribution in [-0.4, -0.2) is 27.7 Å². The molecule has 6 heteroatoms. The Labute approximate surface area is 152 Å². The zero-order valence-electron chi connectivity index (χ0n) is 13.9. The Hall–Kier alpha value is -2.99. The van der Waals surface area contributed by atoms with Crippen LogP contribution in [-0.2, 0) is 0 Å². The largest absolute Gasteiger partial charge is 0.362 e. The third-order valence-corrected chi connectivity index (χ3v) is 3.75. The number of rotatable bonds is 5. The van der Waals surface area contributed by atoms with Crippen LogP contribution in [0.1, 0.15) is 12.5 Å². The van der Waals surface area contributed by atoms with Crippen molar-refractivity contribution in [2.24, 2.45) is 5.10 Å². The molecular weight excluding hydrogens is 330 g/mol. The predicted molar refractivity (Wildman–Crippen MR) is 106 cm³/mol. The molecule has 0 aliphatic carbocycles. The van der Waals surface area contributed by atoms with E-state index < -0.39 is 0 Å². The standard InChI is InChI=1S/C19H19N5S/c1-2-20-19(25)22-21-13-16-14-24(17-11-7-4-8-12-17)23-18(16)15-9-5-3-6-10-15/h3-14H,2H2,1H3,(H2,20,22,25)/b21-13-. The molecule has 0 atom stereocenters. The molecule has 2 aromatic carbocycles. The van der Waals surface area contributed by atoms with Crippen molar-refractivity contribution in [2.45, 2.75) is 6.92 Å². The summed E-state index contributed by atoms with van der Waals surface area (Å²) in [6, 6.07) is 20.0. The summed E-state index contributed by atoms with van der Waals surface area (Å²) >= 11 is 5.12. The van der Waals surface area contributed by atoms with Gasteiger partial charge in [0.2, 0.25) is 0 Å². The normalized spacial score (nSPS) is 10.8. The van der Waals surface area contributed by atoms with Gasteiger partial charge in [-0.1, -0.05) is 48.5 Å². The van der Waals surface area contributed by atoms with Crippen molar-refractivity contribution in [3.8, 4) is 16.9 Å². The highest BCUT2D eigenvalue weighted by Crippen LogP contribution is 2.22. The van der Waals surface area contributed by atoms with E-state index in [4.69, 9.17) is 17.3 Å². The first kappa shape index (κ1) is 16.9. The highest BCUT2D eigenvalue weighted by molar-refractivity contribution is 7.80. The lowest BCUT2D eigenvalue weighted by molar-refractivity contribution is 0.884. The second-order valence-corrected chi connectivity index (χ2v) is 5.72. The van der Waals surface area contributed by atoms with Crippen molar-refractivity contribution in [1.29, 1.82) is 0 Å². The molecule has 5 nitrogen and oxygen atoms in total. The van der Waals surface area contributed by atoms with Crippen molar-refractivity contribution in [3.63, 3.8) is 0 Å². The molecule has 1 heterocycles. The fourth-order valence-corrected chi connectivity index (χ4v) is 2.57. The minimum atomic E-state index is 0.496. The van der Waals surface area contributed by atoms with Gasteiger partial charge in [0, 0.05) is 23.9 Å². The van der Waals surface area contributed by atoms with Gasteiger partial charge in [-0.15, -0.1) is 0 Å². The molecule has 0 radical (unpaired) electrons. The number of nitrogens with one attached hydrogen (secondary N) is 2. The van der Waals surface area contributed by atoms with E-state index in [0.29, 0.717) is 5.11 Å². The Balaban J connectivity index is 1.93. The Morgan fingerprint density at radius 2 is 1.80 bits per heavy atom. The van der Waals surface area contributed by atoms with Crippen LogP contribution in [0.15, 0.2) is 72.0 Å². The number of thiocarbonyl (C=S) groups is 1. The van der Waals surface area contributed by atoms with Crippen LogP contribution in [0.4, 0.5) is 0 Å². The lowest BCUT2D eigenvalue weighted by Crippen LogP contribution is -2.31. The molecule has 0 aliphatic heterocycles. The van der Waals surface area contributed by atoms with E-state index in [9.17, 15) is 0 Å². The number of aromatic nitrogens is 2. The predicted octanol–water partition coefficient (Wildman–Crippen LogP) is 3.36. The Morgan fingerprint density at radius 3 is 2.48 bits per heavy atom. The first-order chi connectivity index (χ1) is 12.3. The van der Waals surface area contributed by atoms with Gasteiger partial charge in [-0.3, -0.25) is 5.43 Å². The molecule has 126 valence electrons. The van der Waals surface area contributed by atoms with Gasteiger partial charge >= 0.3 is 0 Å². The molecule has 3 rings (SSSR count). The van der Waals surface area contributed by atoms with Crippen LogP contribution in [0.25, 0.3) is 16.9 Å². The van der Waals surface area contributed by atoms with E-state index in [-0.39, 0.29) is 0 Å². The van der Waals surface area contributed by atoms with Crippen LogP contribution < -0.4 is 10.7 Å². The molecule has 0 saturated carbocycles. The van der Waals surface area contributed by atoms with Gasteiger partial charge < -0.3 is 5.32 Å². The first-order valence-electron chi connectivity index (χ1n) is 8.05. The number of nitrogens with zero attached hydrogens (tertiary/aromatic N) is 3. The molecule has 0 fully saturated rings. The van der Waals surface area contributed by atoms with E-state index in [0.717, 1.165) is 29.1 Å². The quantitative estimate of drug-likeness (QED) is 0.421. The maximum Gasteiger partial charge on any atom is 0.186 e. The summed E-state index contributed by atoms with van der Waals surface area (Å²) in [7, 11) is 0. The maximum atomic E-state index is 5.12. The molecule has 2 N–H and O–H groups in total. The van der Waals surface area contributed by atoms with Gasteiger partial charge in [0.05, 0.1) is 11.9 Å². The third kappa shape index (κ3) is 4.30. The van der Waals surface area contributed by atoms with Gasteiger partial charge in [-0.2, -0.15) is 10.2 Å². The van der Waals surface area contributed by atoms with Crippen molar-refractivity contribution in [1.82, 2.24) is 20.5 Å². The van der Waals surface area contributed by atoms with Gasteiger partial charge in [0.25, 0.3) is 0 Å². The second kappa shape index (κ2) is 8.21. The fourth-order valence-electron chi connectivity index (χ4n) is 2.38. The number of hydrazone groups is 1. The van der Waals surface area contributed by atoms with Crippen LogP contribution in [0.3, 0.4) is 0 Å². The third-order valence-electron chi connectivity index (χ3n) is 3.52. The summed E-state index contributed by atoms with van der Waals surface area (Å²) in [4.78, 5) is 0. The minimum absolute atomic E-state index is 0.496. The molecule has 0 amide bonds. The van der Waals surface area contributed by atoms with Gasteiger partial charge in [-0.25, -0.2) is 4.68 Å². The second-order valence-electron chi connectivity index (χ2n) is 5.31. The van der Waals surface area contributed by atoms with E-state index in [1.807, 2.05) is 78.5 Å². The van der Waals surface area contributed by atoms with E-state index in [2.05, 4.69) is 15.8 Å². The monoisotopic (exact) mass is 349 g/mol. The molecule has 0 unspecified atom stereocenters. The zero-order chi connectivity index (χ0) is 17.5. The van der Waals surface area contributed by atoms with Gasteiger partial charge in [0.1, 0.15) is 5.69 Å².